The summed E-state index contributed by atoms with van der Waals surface area (Å²) in [4.78, 5) is 28.4. The third kappa shape index (κ3) is 2.36. The Balaban J connectivity index is 1.89. The van der Waals surface area contributed by atoms with E-state index in [0.717, 1.165) is 19.3 Å². The quantitative estimate of drug-likeness (QED) is 0.505. The maximum absolute atomic E-state index is 12.6. The molecule has 7 nitrogen and oxygen atoms in total. The number of hydrogen-bond donors (Lipinski definition) is 1. The molecule has 1 aromatic heterocycles. The number of amides is 1. The normalized spacial score (nSPS) is 27.7. The lowest BCUT2D eigenvalue weighted by molar-refractivity contribution is -0.385. The van der Waals surface area contributed by atoms with E-state index in [4.69, 9.17) is 11.6 Å². The third-order valence-electron chi connectivity index (χ3n) is 4.46. The molecular formula is C13H15ClN4O3. The fraction of sp³-hybridized carbons (Fsp3) is 0.538. The first-order chi connectivity index (χ1) is 9.99. The highest BCUT2D eigenvalue weighted by atomic mass is 35.5. The van der Waals surface area contributed by atoms with Crippen LogP contribution in [0.3, 0.4) is 0 Å². The first kappa shape index (κ1) is 14.2. The van der Waals surface area contributed by atoms with Gasteiger partial charge in [-0.1, -0.05) is 11.6 Å². The standard InChI is InChI=1S/C13H15ClN4O3/c1-7-11-5-15-3-8(11)6-17(7)13(19)10-2-9(18(20)21)4-16-12(10)14/h2,4,7-8,11,15H,3,5-6H2,1H3. The number of hydrogen-bond acceptors (Lipinski definition) is 5. The van der Waals surface area contributed by atoms with Gasteiger partial charge >= 0.3 is 0 Å². The van der Waals surface area contributed by atoms with Gasteiger partial charge < -0.3 is 10.2 Å². The summed E-state index contributed by atoms with van der Waals surface area (Å²) in [5.74, 6) is 0.590. The van der Waals surface area contributed by atoms with Gasteiger partial charge in [0.25, 0.3) is 11.6 Å². The van der Waals surface area contributed by atoms with E-state index in [1.807, 2.05) is 6.92 Å². The molecule has 1 N–H and O–H groups in total. The Labute approximate surface area is 126 Å². The van der Waals surface area contributed by atoms with Crippen LogP contribution in [-0.4, -0.2) is 46.4 Å². The van der Waals surface area contributed by atoms with Crippen molar-refractivity contribution >= 4 is 23.2 Å². The van der Waals surface area contributed by atoms with Crippen molar-refractivity contribution in [1.82, 2.24) is 15.2 Å². The summed E-state index contributed by atoms with van der Waals surface area (Å²) in [6, 6.07) is 1.30. The van der Waals surface area contributed by atoms with Crippen molar-refractivity contribution in [3.05, 3.63) is 33.1 Å². The second-order valence-electron chi connectivity index (χ2n) is 5.57. The van der Waals surface area contributed by atoms with Crippen molar-refractivity contribution in [1.29, 1.82) is 0 Å². The Bertz CT molecular complexity index is 609. The minimum absolute atomic E-state index is 0.00739. The number of rotatable bonds is 2. The zero-order chi connectivity index (χ0) is 15.1. The Morgan fingerprint density at radius 1 is 1.57 bits per heavy atom. The topological polar surface area (TPSA) is 88.4 Å². The molecule has 2 aliphatic heterocycles. The van der Waals surface area contributed by atoms with Crippen molar-refractivity contribution in [3.8, 4) is 0 Å². The molecule has 0 spiro atoms. The van der Waals surface area contributed by atoms with Gasteiger partial charge in [0.15, 0.2) is 0 Å². The van der Waals surface area contributed by atoms with Crippen molar-refractivity contribution in [2.24, 2.45) is 11.8 Å². The van der Waals surface area contributed by atoms with Gasteiger partial charge in [-0.25, -0.2) is 4.98 Å². The summed E-state index contributed by atoms with van der Waals surface area (Å²) < 4.78 is 0. The molecule has 0 aromatic carbocycles. The Hall–Kier alpha value is -1.73. The van der Waals surface area contributed by atoms with Crippen LogP contribution in [0.15, 0.2) is 12.3 Å². The molecule has 1 aromatic rings. The van der Waals surface area contributed by atoms with Gasteiger partial charge in [0.05, 0.1) is 10.5 Å². The van der Waals surface area contributed by atoms with Crippen LogP contribution in [0.4, 0.5) is 5.69 Å². The molecule has 3 atom stereocenters. The molecule has 2 fully saturated rings. The summed E-state index contributed by atoms with van der Waals surface area (Å²) in [6.07, 6.45) is 1.06. The molecule has 3 rings (SSSR count). The van der Waals surface area contributed by atoms with Crippen molar-refractivity contribution in [2.45, 2.75) is 13.0 Å². The minimum Gasteiger partial charge on any atom is -0.335 e. The number of fused-ring (bicyclic) bond motifs is 1. The number of pyridine rings is 1. The zero-order valence-corrected chi connectivity index (χ0v) is 12.2. The van der Waals surface area contributed by atoms with Gasteiger partial charge in [-0.15, -0.1) is 0 Å². The van der Waals surface area contributed by atoms with E-state index in [0.29, 0.717) is 18.4 Å². The summed E-state index contributed by atoms with van der Waals surface area (Å²) in [6.45, 7) is 4.46. The van der Waals surface area contributed by atoms with E-state index in [9.17, 15) is 14.9 Å². The molecule has 3 unspecified atom stereocenters. The monoisotopic (exact) mass is 310 g/mol. The number of nitrogens with zero attached hydrogens (tertiary/aromatic N) is 3. The van der Waals surface area contributed by atoms with Crippen molar-refractivity contribution in [3.63, 3.8) is 0 Å². The van der Waals surface area contributed by atoms with Gasteiger partial charge in [-0.05, 0) is 18.8 Å². The Morgan fingerprint density at radius 2 is 2.33 bits per heavy atom. The van der Waals surface area contributed by atoms with Gasteiger partial charge in [-0.3, -0.25) is 14.9 Å². The minimum atomic E-state index is -0.577. The van der Waals surface area contributed by atoms with E-state index >= 15 is 0 Å². The van der Waals surface area contributed by atoms with Crippen LogP contribution in [0, 0.1) is 22.0 Å². The summed E-state index contributed by atoms with van der Waals surface area (Å²) in [5.41, 5.74) is -0.123. The fourth-order valence-corrected chi connectivity index (χ4v) is 3.46. The fourth-order valence-electron chi connectivity index (χ4n) is 3.28. The first-order valence-corrected chi connectivity index (χ1v) is 7.18. The molecule has 0 radical (unpaired) electrons. The van der Waals surface area contributed by atoms with Crippen LogP contribution < -0.4 is 5.32 Å². The van der Waals surface area contributed by atoms with Crippen LogP contribution >= 0.6 is 11.6 Å². The van der Waals surface area contributed by atoms with Crippen LogP contribution in [0.2, 0.25) is 5.15 Å². The lowest BCUT2D eigenvalue weighted by atomic mass is 9.95. The van der Waals surface area contributed by atoms with Crippen LogP contribution in [0.5, 0.6) is 0 Å². The molecule has 0 saturated carbocycles. The van der Waals surface area contributed by atoms with Gasteiger partial charge in [0.1, 0.15) is 11.3 Å². The van der Waals surface area contributed by atoms with Gasteiger partial charge in [0.2, 0.25) is 0 Å². The molecule has 2 aliphatic rings. The lowest BCUT2D eigenvalue weighted by Gasteiger charge is -2.24. The van der Waals surface area contributed by atoms with Gasteiger partial charge in [0, 0.05) is 31.7 Å². The van der Waals surface area contributed by atoms with E-state index in [1.54, 1.807) is 4.90 Å². The van der Waals surface area contributed by atoms with Crippen LogP contribution in [0.25, 0.3) is 0 Å². The molecule has 8 heteroatoms. The molecule has 2 saturated heterocycles. The average molecular weight is 311 g/mol. The highest BCUT2D eigenvalue weighted by molar-refractivity contribution is 6.32. The van der Waals surface area contributed by atoms with E-state index < -0.39 is 4.92 Å². The lowest BCUT2D eigenvalue weighted by Crippen LogP contribution is -2.38. The Kier molecular flexibility index (Phi) is 3.54. The number of carbonyl (C=O) groups is 1. The van der Waals surface area contributed by atoms with Crippen LogP contribution in [0.1, 0.15) is 17.3 Å². The number of halogens is 1. The summed E-state index contributed by atoms with van der Waals surface area (Å²) in [5, 5.41) is 14.2. The number of aromatic nitrogens is 1. The summed E-state index contributed by atoms with van der Waals surface area (Å²) >= 11 is 5.95. The maximum atomic E-state index is 12.6. The predicted molar refractivity (Wildman–Crippen MR) is 76.2 cm³/mol. The van der Waals surface area contributed by atoms with E-state index in [2.05, 4.69) is 10.3 Å². The largest absolute Gasteiger partial charge is 0.335 e. The van der Waals surface area contributed by atoms with Crippen LogP contribution in [-0.2, 0) is 0 Å². The smallest absolute Gasteiger partial charge is 0.288 e. The molecule has 21 heavy (non-hydrogen) atoms. The third-order valence-corrected chi connectivity index (χ3v) is 4.76. The predicted octanol–water partition coefficient (Wildman–Crippen LogP) is 1.32. The number of likely N-dealkylation sites (tertiary alicyclic amines) is 1. The molecule has 112 valence electrons. The number of nitro groups is 1. The zero-order valence-electron chi connectivity index (χ0n) is 11.5. The average Bonchev–Trinajstić information content (AvgIpc) is 3.02. The number of nitrogens with one attached hydrogen (secondary N) is 1. The summed E-state index contributed by atoms with van der Waals surface area (Å²) in [7, 11) is 0. The van der Waals surface area contributed by atoms with Gasteiger partial charge in [-0.2, -0.15) is 0 Å². The second-order valence-corrected chi connectivity index (χ2v) is 5.93. The first-order valence-electron chi connectivity index (χ1n) is 6.80. The maximum Gasteiger partial charge on any atom is 0.288 e. The second kappa shape index (κ2) is 5.23. The molecule has 3 heterocycles. The van der Waals surface area contributed by atoms with E-state index in [1.165, 1.54) is 6.07 Å². The van der Waals surface area contributed by atoms with E-state index in [-0.39, 0.29) is 28.4 Å². The molecular weight excluding hydrogens is 296 g/mol. The van der Waals surface area contributed by atoms with Crippen molar-refractivity contribution in [2.75, 3.05) is 19.6 Å². The van der Waals surface area contributed by atoms with Crippen molar-refractivity contribution < 1.29 is 9.72 Å². The number of carbonyl (C=O) groups excluding carboxylic acids is 1. The molecule has 1 amide bonds. The molecule has 0 aliphatic carbocycles. The molecule has 0 bridgehead atoms. The SMILES string of the molecule is CC1C2CNCC2CN1C(=O)c1cc([N+](=O)[O-])cnc1Cl. The Morgan fingerprint density at radius 3 is 3.00 bits per heavy atom. The highest BCUT2D eigenvalue weighted by Crippen LogP contribution is 2.34. The highest BCUT2D eigenvalue weighted by Gasteiger charge is 2.44.